The molecule has 0 saturated carbocycles. The number of carbonyl (C=O) groups is 2. The molecule has 0 aliphatic carbocycles. The summed E-state index contributed by atoms with van der Waals surface area (Å²) in [5.41, 5.74) is 0. The topological polar surface area (TPSA) is 80.8 Å². The number of carbonyl (C=O) groups excluding carboxylic acids is 2. The molecule has 0 bridgehead atoms. The minimum absolute atomic E-state index is 0.0582. The predicted molar refractivity (Wildman–Crippen MR) is 109 cm³/mol. The summed E-state index contributed by atoms with van der Waals surface area (Å²) in [7, 11) is 0. The van der Waals surface area contributed by atoms with Gasteiger partial charge in [-0.05, 0) is 48.7 Å². The van der Waals surface area contributed by atoms with E-state index in [1.807, 2.05) is 0 Å². The Balaban J connectivity index is 1.33. The van der Waals surface area contributed by atoms with Gasteiger partial charge in [-0.25, -0.2) is 4.98 Å². The van der Waals surface area contributed by atoms with Gasteiger partial charge in [0.25, 0.3) is 11.8 Å². The highest BCUT2D eigenvalue weighted by atomic mass is 35.5. The van der Waals surface area contributed by atoms with E-state index in [0.29, 0.717) is 41.3 Å². The van der Waals surface area contributed by atoms with Crippen molar-refractivity contribution < 1.29 is 19.1 Å². The molecule has 1 aliphatic heterocycles. The quantitative estimate of drug-likeness (QED) is 0.642. The molecule has 2 amide bonds. The second kappa shape index (κ2) is 10.3. The van der Waals surface area contributed by atoms with Gasteiger partial charge in [-0.1, -0.05) is 23.2 Å². The zero-order valence-electron chi connectivity index (χ0n) is 15.6. The number of hydrogen-bond donors (Lipinski definition) is 1. The number of benzene rings is 1. The van der Waals surface area contributed by atoms with Gasteiger partial charge in [-0.2, -0.15) is 0 Å². The molecular weight excluding hydrogens is 417 g/mol. The summed E-state index contributed by atoms with van der Waals surface area (Å²) in [5.74, 6) is 0.975. The molecule has 1 aromatic heterocycles. The zero-order chi connectivity index (χ0) is 20.6. The molecule has 1 saturated heterocycles. The van der Waals surface area contributed by atoms with E-state index in [4.69, 9.17) is 32.7 Å². The minimum atomic E-state index is -0.205. The molecule has 2 heterocycles. The lowest BCUT2D eigenvalue weighted by atomic mass is 10.1. The Morgan fingerprint density at radius 2 is 1.79 bits per heavy atom. The largest absolute Gasteiger partial charge is 0.484 e. The van der Waals surface area contributed by atoms with Gasteiger partial charge < -0.3 is 19.7 Å². The van der Waals surface area contributed by atoms with E-state index in [1.54, 1.807) is 41.3 Å². The molecule has 7 nitrogen and oxygen atoms in total. The summed E-state index contributed by atoms with van der Waals surface area (Å²) >= 11 is 11.5. The standard InChI is InChI=1S/C20H21Cl2N3O4/c21-15-1-3-16(4-2-15)28-12-19(26)24-9-14-7-8-25(11-14)20(27)13-29-17-5-6-18(22)23-10-17/h1-6,10,14H,7-9,11-13H2,(H,24,26). The van der Waals surface area contributed by atoms with Crippen molar-refractivity contribution in [3.63, 3.8) is 0 Å². The molecule has 2 aromatic rings. The first-order valence-corrected chi connectivity index (χ1v) is 9.92. The van der Waals surface area contributed by atoms with Crippen molar-refractivity contribution >= 4 is 35.0 Å². The molecular formula is C20H21Cl2N3O4. The minimum Gasteiger partial charge on any atom is -0.484 e. The van der Waals surface area contributed by atoms with Crippen molar-refractivity contribution in [2.24, 2.45) is 5.92 Å². The number of amides is 2. The van der Waals surface area contributed by atoms with Crippen LogP contribution in [0.25, 0.3) is 0 Å². The Bertz CT molecular complexity index is 831. The SMILES string of the molecule is O=C(COc1ccc(Cl)cc1)NCC1CCN(C(=O)COc2ccc(Cl)nc2)C1. The number of nitrogens with one attached hydrogen (secondary N) is 1. The third-order valence-electron chi connectivity index (χ3n) is 4.47. The van der Waals surface area contributed by atoms with Crippen LogP contribution in [0.3, 0.4) is 0 Å². The van der Waals surface area contributed by atoms with Crippen LogP contribution in [0.5, 0.6) is 11.5 Å². The van der Waals surface area contributed by atoms with Crippen LogP contribution < -0.4 is 14.8 Å². The summed E-state index contributed by atoms with van der Waals surface area (Å²) in [6, 6.07) is 10.1. The molecule has 1 aromatic carbocycles. The lowest BCUT2D eigenvalue weighted by molar-refractivity contribution is -0.132. The van der Waals surface area contributed by atoms with Crippen LogP contribution in [0.4, 0.5) is 0 Å². The van der Waals surface area contributed by atoms with Crippen LogP contribution in [0, 0.1) is 5.92 Å². The van der Waals surface area contributed by atoms with Crippen molar-refractivity contribution in [3.8, 4) is 11.5 Å². The Labute approximate surface area is 178 Å². The number of aromatic nitrogens is 1. The van der Waals surface area contributed by atoms with Gasteiger partial charge in [-0.3, -0.25) is 9.59 Å². The zero-order valence-corrected chi connectivity index (χ0v) is 17.2. The number of rotatable bonds is 8. The van der Waals surface area contributed by atoms with E-state index < -0.39 is 0 Å². The van der Waals surface area contributed by atoms with Crippen LogP contribution in [-0.4, -0.2) is 54.5 Å². The number of halogens is 2. The van der Waals surface area contributed by atoms with Crippen LogP contribution in [0.2, 0.25) is 10.2 Å². The molecule has 1 N–H and O–H groups in total. The van der Waals surface area contributed by atoms with Gasteiger partial charge in [0.1, 0.15) is 16.7 Å². The average molecular weight is 438 g/mol. The van der Waals surface area contributed by atoms with Crippen LogP contribution >= 0.6 is 23.2 Å². The summed E-state index contributed by atoms with van der Waals surface area (Å²) in [4.78, 5) is 29.9. The maximum Gasteiger partial charge on any atom is 0.260 e. The Kier molecular flexibility index (Phi) is 7.55. The molecule has 9 heteroatoms. The highest BCUT2D eigenvalue weighted by Crippen LogP contribution is 2.17. The monoisotopic (exact) mass is 437 g/mol. The van der Waals surface area contributed by atoms with Crippen molar-refractivity contribution in [2.45, 2.75) is 6.42 Å². The fourth-order valence-corrected chi connectivity index (χ4v) is 3.14. The third-order valence-corrected chi connectivity index (χ3v) is 4.95. The first-order valence-electron chi connectivity index (χ1n) is 9.17. The van der Waals surface area contributed by atoms with Crippen LogP contribution in [-0.2, 0) is 9.59 Å². The van der Waals surface area contributed by atoms with Crippen molar-refractivity contribution in [1.29, 1.82) is 0 Å². The lowest BCUT2D eigenvalue weighted by Crippen LogP contribution is -2.36. The van der Waals surface area contributed by atoms with E-state index in [1.165, 1.54) is 6.20 Å². The third kappa shape index (κ3) is 6.80. The Hall–Kier alpha value is -2.51. The van der Waals surface area contributed by atoms with Gasteiger partial charge >= 0.3 is 0 Å². The lowest BCUT2D eigenvalue weighted by Gasteiger charge is -2.17. The second-order valence-corrected chi connectivity index (χ2v) is 7.47. The van der Waals surface area contributed by atoms with Gasteiger partial charge in [0.15, 0.2) is 13.2 Å². The maximum atomic E-state index is 12.3. The molecule has 3 rings (SSSR count). The maximum absolute atomic E-state index is 12.3. The molecule has 1 fully saturated rings. The predicted octanol–water partition coefficient (Wildman–Crippen LogP) is 2.81. The molecule has 29 heavy (non-hydrogen) atoms. The normalized spacial score (nSPS) is 15.8. The first-order chi connectivity index (χ1) is 14.0. The van der Waals surface area contributed by atoms with E-state index in [9.17, 15) is 9.59 Å². The highest BCUT2D eigenvalue weighted by Gasteiger charge is 2.26. The fourth-order valence-electron chi connectivity index (χ4n) is 2.90. The Morgan fingerprint density at radius 1 is 1.07 bits per heavy atom. The summed E-state index contributed by atoms with van der Waals surface area (Å²) in [5, 5.41) is 3.82. The van der Waals surface area contributed by atoms with Crippen molar-refractivity contribution in [3.05, 3.63) is 52.8 Å². The number of nitrogens with zero attached hydrogens (tertiary/aromatic N) is 2. The van der Waals surface area contributed by atoms with Gasteiger partial charge in [0.05, 0.1) is 6.20 Å². The number of ether oxygens (including phenoxy) is 2. The molecule has 1 aliphatic rings. The van der Waals surface area contributed by atoms with E-state index in [0.717, 1.165) is 6.42 Å². The molecule has 154 valence electrons. The van der Waals surface area contributed by atoms with E-state index >= 15 is 0 Å². The van der Waals surface area contributed by atoms with Crippen LogP contribution in [0.1, 0.15) is 6.42 Å². The average Bonchev–Trinajstić information content (AvgIpc) is 3.20. The molecule has 0 radical (unpaired) electrons. The summed E-state index contributed by atoms with van der Waals surface area (Å²) in [6.45, 7) is 1.59. The van der Waals surface area contributed by atoms with Gasteiger partial charge in [0, 0.05) is 24.7 Å². The highest BCUT2D eigenvalue weighted by molar-refractivity contribution is 6.30. The molecule has 1 atom stereocenters. The number of pyridine rings is 1. The van der Waals surface area contributed by atoms with E-state index in [-0.39, 0.29) is 30.9 Å². The fraction of sp³-hybridized carbons (Fsp3) is 0.350. The van der Waals surface area contributed by atoms with Crippen molar-refractivity contribution in [1.82, 2.24) is 15.2 Å². The smallest absolute Gasteiger partial charge is 0.260 e. The number of hydrogen-bond acceptors (Lipinski definition) is 5. The van der Waals surface area contributed by atoms with Gasteiger partial charge in [-0.15, -0.1) is 0 Å². The summed E-state index contributed by atoms with van der Waals surface area (Å²) < 4.78 is 10.9. The van der Waals surface area contributed by atoms with Gasteiger partial charge in [0.2, 0.25) is 0 Å². The second-order valence-electron chi connectivity index (χ2n) is 6.65. The molecule has 1 unspecified atom stereocenters. The number of likely N-dealkylation sites (tertiary alicyclic amines) is 1. The Morgan fingerprint density at radius 3 is 2.52 bits per heavy atom. The van der Waals surface area contributed by atoms with E-state index in [2.05, 4.69) is 10.3 Å². The van der Waals surface area contributed by atoms with Crippen molar-refractivity contribution in [2.75, 3.05) is 32.8 Å². The summed E-state index contributed by atoms with van der Waals surface area (Å²) in [6.07, 6.45) is 2.30. The molecule has 0 spiro atoms. The van der Waals surface area contributed by atoms with Crippen LogP contribution in [0.15, 0.2) is 42.6 Å². The first kappa shape index (κ1) is 21.2.